The summed E-state index contributed by atoms with van der Waals surface area (Å²) in [6.07, 6.45) is -4.77. The molecule has 0 aromatic heterocycles. The summed E-state index contributed by atoms with van der Waals surface area (Å²) in [5.74, 6) is 0. The molecule has 204 valence electrons. The highest BCUT2D eigenvalue weighted by Gasteiger charge is 2.51. The van der Waals surface area contributed by atoms with E-state index in [1.54, 1.807) is 30.3 Å². The topological polar surface area (TPSA) is 73.3 Å². The zero-order valence-corrected chi connectivity index (χ0v) is 22.4. The lowest BCUT2D eigenvalue weighted by Crippen LogP contribution is -2.59. The van der Waals surface area contributed by atoms with Crippen LogP contribution in [0.5, 0.6) is 0 Å². The van der Waals surface area contributed by atoms with Gasteiger partial charge in [-0.3, -0.25) is 4.90 Å². The van der Waals surface area contributed by atoms with Gasteiger partial charge in [0.25, 0.3) is 0 Å². The molecule has 37 heavy (non-hydrogen) atoms. The zero-order valence-electron chi connectivity index (χ0n) is 20.7. The van der Waals surface area contributed by atoms with Crippen LogP contribution in [-0.2, 0) is 20.4 Å². The molecule has 2 aliphatic rings. The van der Waals surface area contributed by atoms with E-state index in [0.29, 0.717) is 43.4 Å². The molecule has 7 nitrogen and oxygen atoms in total. The number of piperazine rings is 1. The Bertz CT molecular complexity index is 1190. The van der Waals surface area contributed by atoms with Crippen molar-refractivity contribution in [3.05, 3.63) is 54.1 Å². The van der Waals surface area contributed by atoms with E-state index >= 15 is 0 Å². The maximum absolute atomic E-state index is 13.5. The van der Waals surface area contributed by atoms with E-state index in [-0.39, 0.29) is 35.7 Å². The Morgan fingerprint density at radius 1 is 1.05 bits per heavy atom. The second-order valence-electron chi connectivity index (χ2n) is 9.74. The fourth-order valence-electron chi connectivity index (χ4n) is 4.85. The first-order chi connectivity index (χ1) is 17.3. The lowest BCUT2D eigenvalue weighted by Gasteiger charge is -2.45. The number of hydrogen-bond acceptors (Lipinski definition) is 7. The summed E-state index contributed by atoms with van der Waals surface area (Å²) < 4.78 is 74.0. The van der Waals surface area contributed by atoms with Gasteiger partial charge in [0.2, 0.25) is 10.0 Å². The van der Waals surface area contributed by atoms with Gasteiger partial charge in [0.05, 0.1) is 23.6 Å². The molecule has 0 radical (unpaired) electrons. The van der Waals surface area contributed by atoms with E-state index in [1.807, 2.05) is 11.8 Å². The number of ether oxygens (including phenoxy) is 1. The smallest absolute Gasteiger partial charge is 0.376 e. The van der Waals surface area contributed by atoms with E-state index in [0.717, 1.165) is 6.92 Å². The minimum atomic E-state index is -4.81. The summed E-state index contributed by atoms with van der Waals surface area (Å²) >= 11 is 4.34. The molecule has 0 bridgehead atoms. The van der Waals surface area contributed by atoms with Crippen molar-refractivity contribution in [3.8, 4) is 0 Å². The van der Waals surface area contributed by atoms with Gasteiger partial charge in [-0.15, -0.1) is 12.6 Å². The number of thiol groups is 1. The summed E-state index contributed by atoms with van der Waals surface area (Å²) in [7, 11) is -3.80. The van der Waals surface area contributed by atoms with Gasteiger partial charge >= 0.3 is 6.18 Å². The van der Waals surface area contributed by atoms with Gasteiger partial charge in [-0.05, 0) is 43.7 Å². The Morgan fingerprint density at radius 3 is 2.35 bits per heavy atom. The minimum absolute atomic E-state index is 0.0468. The van der Waals surface area contributed by atoms with Crippen LogP contribution in [0.4, 0.5) is 18.9 Å². The Labute approximate surface area is 221 Å². The molecule has 2 aliphatic heterocycles. The Morgan fingerprint density at radius 2 is 1.73 bits per heavy atom. The molecule has 2 aromatic carbocycles. The van der Waals surface area contributed by atoms with Gasteiger partial charge < -0.3 is 14.7 Å². The summed E-state index contributed by atoms with van der Waals surface area (Å²) in [5.41, 5.74) is -2.56. The van der Waals surface area contributed by atoms with E-state index in [9.17, 15) is 26.7 Å². The largest absolute Gasteiger partial charge is 0.421 e. The second-order valence-corrected chi connectivity index (χ2v) is 12.1. The number of benzene rings is 2. The van der Waals surface area contributed by atoms with Crippen LogP contribution in [0, 0.1) is 0 Å². The molecule has 2 heterocycles. The number of morpholine rings is 1. The van der Waals surface area contributed by atoms with Crippen molar-refractivity contribution >= 4 is 28.3 Å². The lowest BCUT2D eigenvalue weighted by atomic mass is 9.95. The van der Waals surface area contributed by atoms with Crippen molar-refractivity contribution < 1.29 is 31.4 Å². The number of anilines is 1. The summed E-state index contributed by atoms with van der Waals surface area (Å²) in [6.45, 7) is 6.02. The Hall–Kier alpha value is -1.83. The quantitative estimate of drug-likeness (QED) is 0.529. The highest BCUT2D eigenvalue weighted by atomic mass is 32.2. The predicted molar refractivity (Wildman–Crippen MR) is 138 cm³/mol. The number of halogens is 3. The van der Waals surface area contributed by atoms with Crippen LogP contribution in [0.3, 0.4) is 0 Å². The molecule has 2 saturated heterocycles. The van der Waals surface area contributed by atoms with E-state index in [1.165, 1.54) is 22.5 Å². The first kappa shape index (κ1) is 28.2. The van der Waals surface area contributed by atoms with Crippen molar-refractivity contribution in [2.24, 2.45) is 0 Å². The van der Waals surface area contributed by atoms with Crippen LogP contribution < -0.4 is 4.90 Å². The first-order valence-electron chi connectivity index (χ1n) is 12.1. The molecule has 0 unspecified atom stereocenters. The van der Waals surface area contributed by atoms with Crippen molar-refractivity contribution in [3.63, 3.8) is 0 Å². The third-order valence-corrected chi connectivity index (χ3v) is 9.50. The third-order valence-electron chi connectivity index (χ3n) is 7.04. The average Bonchev–Trinajstić information content (AvgIpc) is 2.83. The second kappa shape index (κ2) is 10.7. The monoisotopic (exact) mass is 559 g/mol. The van der Waals surface area contributed by atoms with Gasteiger partial charge in [-0.25, -0.2) is 8.42 Å². The third kappa shape index (κ3) is 5.94. The van der Waals surface area contributed by atoms with Crippen LogP contribution in [0.15, 0.2) is 58.3 Å². The van der Waals surface area contributed by atoms with Gasteiger partial charge in [0.1, 0.15) is 0 Å². The highest BCUT2D eigenvalue weighted by Crippen LogP contribution is 2.39. The van der Waals surface area contributed by atoms with Crippen molar-refractivity contribution in [2.45, 2.75) is 47.6 Å². The molecule has 0 saturated carbocycles. The van der Waals surface area contributed by atoms with Crippen LogP contribution >= 0.6 is 12.6 Å². The molecule has 0 spiro atoms. The number of nitrogens with zero attached hydrogens (tertiary/aromatic N) is 3. The minimum Gasteiger partial charge on any atom is -0.376 e. The maximum atomic E-state index is 13.5. The average molecular weight is 560 g/mol. The summed E-state index contributed by atoms with van der Waals surface area (Å²) in [5, 5.41) is 10.0. The van der Waals surface area contributed by atoms with Gasteiger partial charge in [0.15, 0.2) is 5.60 Å². The molecule has 2 fully saturated rings. The SMILES string of the molecule is C[C@H]1CN(C[C@H]2CN(S(=O)(=O)c3ccccc3S)CCN2c2ccc([C@@](C)(O)C(F)(F)F)cc2)CCO1. The highest BCUT2D eigenvalue weighted by molar-refractivity contribution is 7.90. The van der Waals surface area contributed by atoms with Crippen molar-refractivity contribution in [1.82, 2.24) is 9.21 Å². The predicted octanol–water partition coefficient (Wildman–Crippen LogP) is 3.35. The van der Waals surface area contributed by atoms with Crippen LogP contribution in [0.1, 0.15) is 19.4 Å². The molecule has 0 amide bonds. The van der Waals surface area contributed by atoms with Crippen molar-refractivity contribution in [2.75, 3.05) is 50.8 Å². The number of alkyl halides is 3. The Balaban J connectivity index is 1.61. The normalized spacial score (nSPS) is 24.1. The maximum Gasteiger partial charge on any atom is 0.421 e. The fraction of sp³-hybridized carbons (Fsp3) is 0.520. The van der Waals surface area contributed by atoms with Crippen molar-refractivity contribution in [1.29, 1.82) is 0 Å². The van der Waals surface area contributed by atoms with Crippen LogP contribution in [0.2, 0.25) is 0 Å². The molecule has 0 aliphatic carbocycles. The molecular formula is C25H32F3N3O4S2. The summed E-state index contributed by atoms with van der Waals surface area (Å²) in [4.78, 5) is 4.77. The Kier molecular flexibility index (Phi) is 8.18. The van der Waals surface area contributed by atoms with Gasteiger partial charge in [0, 0.05) is 49.9 Å². The molecule has 3 atom stereocenters. The lowest BCUT2D eigenvalue weighted by molar-refractivity contribution is -0.258. The van der Waals surface area contributed by atoms with Crippen LogP contribution in [0.25, 0.3) is 0 Å². The standard InChI is InChI=1S/C25H32F3N3O4S2/c1-18-15-29(13-14-35-18)16-21-17-30(37(33,34)23-6-4-3-5-22(23)36)11-12-31(21)20-9-7-19(8-10-20)24(2,32)25(26,27)28/h3-10,18,21,32,36H,11-17H2,1-2H3/t18-,21-,24+/m0/s1. The molecule has 2 aromatic rings. The van der Waals surface area contributed by atoms with Gasteiger partial charge in [-0.2, -0.15) is 17.5 Å². The molecular weight excluding hydrogens is 527 g/mol. The zero-order chi connectivity index (χ0) is 27.0. The molecule has 1 N–H and O–H groups in total. The van der Waals surface area contributed by atoms with E-state index in [4.69, 9.17) is 4.74 Å². The van der Waals surface area contributed by atoms with E-state index in [2.05, 4.69) is 17.5 Å². The number of aliphatic hydroxyl groups is 1. The number of rotatable bonds is 6. The summed E-state index contributed by atoms with van der Waals surface area (Å²) in [6, 6.07) is 12.0. The number of sulfonamides is 1. The van der Waals surface area contributed by atoms with E-state index < -0.39 is 21.8 Å². The molecule has 4 rings (SSSR count). The number of hydrogen-bond donors (Lipinski definition) is 2. The van der Waals surface area contributed by atoms with Gasteiger partial charge in [-0.1, -0.05) is 24.3 Å². The first-order valence-corrected chi connectivity index (χ1v) is 14.0. The fourth-order valence-corrected chi connectivity index (χ4v) is 6.91. The molecule has 12 heteroatoms. The van der Waals surface area contributed by atoms with Crippen LogP contribution in [-0.4, -0.2) is 86.9 Å².